The molecular weight excluding hydrogens is 458 g/mol. The van der Waals surface area contributed by atoms with E-state index in [0.29, 0.717) is 0 Å². The largest absolute Gasteiger partial charge is 0.275 e. The summed E-state index contributed by atoms with van der Waals surface area (Å²) >= 11 is 1.86. The molecule has 2 aromatic heterocycles. The fourth-order valence-electron chi connectivity index (χ4n) is 4.84. The molecule has 0 aliphatic heterocycles. The number of aromatic nitrogens is 3. The maximum absolute atomic E-state index is 4.64. The monoisotopic (exact) mass is 479 g/mol. The maximum Gasteiger partial charge on any atom is 0.168 e. The van der Waals surface area contributed by atoms with Crippen molar-refractivity contribution in [2.24, 2.45) is 0 Å². The fraction of sp³-hybridized carbons (Fsp3) is 0. The molecule has 7 rings (SSSR count). The molecule has 2 heterocycles. The Kier molecular flexibility index (Phi) is 4.97. The van der Waals surface area contributed by atoms with E-state index in [2.05, 4.69) is 106 Å². The Balaban J connectivity index is 1.35. The van der Waals surface area contributed by atoms with Crippen molar-refractivity contribution in [2.45, 2.75) is 0 Å². The number of hydrogen-bond donors (Lipinski definition) is 0. The predicted octanol–water partition coefficient (Wildman–Crippen LogP) is 8.64. The first kappa shape index (κ1) is 20.8. The summed E-state index contributed by atoms with van der Waals surface area (Å²) in [5, 5.41) is 11.9. The Morgan fingerprint density at radius 3 is 1.81 bits per heavy atom. The number of para-hydroxylation sites is 1. The van der Waals surface area contributed by atoms with Crippen LogP contribution in [0.4, 0.5) is 0 Å². The normalized spacial score (nSPS) is 11.3. The summed E-state index contributed by atoms with van der Waals surface area (Å²) < 4.78 is 4.78. The molecule has 0 aliphatic carbocycles. The van der Waals surface area contributed by atoms with Crippen molar-refractivity contribution in [3.8, 4) is 39.6 Å². The Hall–Kier alpha value is -4.54. The van der Waals surface area contributed by atoms with Crippen molar-refractivity contribution < 1.29 is 0 Å². The van der Waals surface area contributed by atoms with Crippen LogP contribution in [0.15, 0.2) is 127 Å². The van der Waals surface area contributed by atoms with Gasteiger partial charge in [-0.1, -0.05) is 109 Å². The predicted molar refractivity (Wildman–Crippen MR) is 151 cm³/mol. The van der Waals surface area contributed by atoms with E-state index in [1.54, 1.807) is 0 Å². The molecule has 5 aromatic carbocycles. The van der Waals surface area contributed by atoms with E-state index >= 15 is 0 Å². The van der Waals surface area contributed by atoms with E-state index in [4.69, 9.17) is 0 Å². The van der Waals surface area contributed by atoms with E-state index in [1.165, 1.54) is 31.3 Å². The molecule has 0 saturated carbocycles. The van der Waals surface area contributed by atoms with Crippen LogP contribution < -0.4 is 0 Å². The summed E-state index contributed by atoms with van der Waals surface area (Å²) in [6, 6.07) is 44.4. The van der Waals surface area contributed by atoms with Gasteiger partial charge >= 0.3 is 0 Å². The standard InChI is InChI=1S/C32H21N3S/c1-3-10-23(11-4-1)31-33-34-32(35(31)25-12-5-2-6-13-25)24-20-18-22(19-21-24)26-15-9-16-28-27-14-7-8-17-29(27)36-30(26)28/h1-21H. The van der Waals surface area contributed by atoms with Crippen LogP contribution >= 0.6 is 11.3 Å². The van der Waals surface area contributed by atoms with Gasteiger partial charge in [0.25, 0.3) is 0 Å². The zero-order valence-corrected chi connectivity index (χ0v) is 20.2. The van der Waals surface area contributed by atoms with Crippen molar-refractivity contribution in [3.63, 3.8) is 0 Å². The van der Waals surface area contributed by atoms with Crippen LogP contribution in [0.25, 0.3) is 59.8 Å². The van der Waals surface area contributed by atoms with Gasteiger partial charge in [-0.2, -0.15) is 0 Å². The topological polar surface area (TPSA) is 30.7 Å². The van der Waals surface area contributed by atoms with Gasteiger partial charge in [0.2, 0.25) is 0 Å². The van der Waals surface area contributed by atoms with Crippen molar-refractivity contribution in [3.05, 3.63) is 127 Å². The Labute approximate surface area is 212 Å². The van der Waals surface area contributed by atoms with E-state index in [1.807, 2.05) is 47.7 Å². The number of benzene rings is 5. The summed E-state index contributed by atoms with van der Waals surface area (Å²) in [4.78, 5) is 0. The van der Waals surface area contributed by atoms with Crippen molar-refractivity contribution >= 4 is 31.5 Å². The van der Waals surface area contributed by atoms with Gasteiger partial charge in [-0.15, -0.1) is 21.5 Å². The second kappa shape index (κ2) is 8.59. The summed E-state index contributed by atoms with van der Waals surface area (Å²) in [5.74, 6) is 1.66. The van der Waals surface area contributed by atoms with Gasteiger partial charge in [-0.3, -0.25) is 4.57 Å². The molecule has 0 saturated heterocycles. The van der Waals surface area contributed by atoms with E-state index in [0.717, 1.165) is 28.5 Å². The molecule has 0 radical (unpaired) electrons. The SMILES string of the molecule is c1ccc(-c2nnc(-c3ccc(-c4cccc5c4sc4ccccc45)cc3)n2-c2ccccc2)cc1. The molecule has 36 heavy (non-hydrogen) atoms. The fourth-order valence-corrected chi connectivity index (χ4v) is 6.08. The third kappa shape index (κ3) is 3.43. The molecule has 0 atom stereocenters. The summed E-state index contributed by atoms with van der Waals surface area (Å²) in [6.07, 6.45) is 0. The molecule has 3 nitrogen and oxygen atoms in total. The lowest BCUT2D eigenvalue weighted by atomic mass is 10.0. The van der Waals surface area contributed by atoms with Crippen molar-refractivity contribution in [1.82, 2.24) is 14.8 Å². The molecular formula is C32H21N3S. The maximum atomic E-state index is 4.64. The molecule has 0 fully saturated rings. The molecule has 0 amide bonds. The summed E-state index contributed by atoms with van der Waals surface area (Å²) in [7, 11) is 0. The van der Waals surface area contributed by atoms with E-state index in [-0.39, 0.29) is 0 Å². The molecule has 0 N–H and O–H groups in total. The van der Waals surface area contributed by atoms with Gasteiger partial charge in [0.1, 0.15) is 0 Å². The first-order valence-electron chi connectivity index (χ1n) is 11.9. The molecule has 170 valence electrons. The van der Waals surface area contributed by atoms with Gasteiger partial charge in [-0.25, -0.2) is 0 Å². The minimum atomic E-state index is 0.826. The minimum absolute atomic E-state index is 0.826. The van der Waals surface area contributed by atoms with Crippen molar-refractivity contribution in [2.75, 3.05) is 0 Å². The highest BCUT2D eigenvalue weighted by molar-refractivity contribution is 7.26. The highest BCUT2D eigenvalue weighted by Crippen LogP contribution is 2.40. The second-order valence-corrected chi connectivity index (χ2v) is 9.79. The third-order valence-electron chi connectivity index (χ3n) is 6.57. The van der Waals surface area contributed by atoms with Crippen molar-refractivity contribution in [1.29, 1.82) is 0 Å². The van der Waals surface area contributed by atoms with Gasteiger partial charge < -0.3 is 0 Å². The second-order valence-electron chi connectivity index (χ2n) is 8.74. The van der Waals surface area contributed by atoms with Crippen LogP contribution in [-0.4, -0.2) is 14.8 Å². The molecule has 0 aliphatic rings. The van der Waals surface area contributed by atoms with Crippen LogP contribution in [0.2, 0.25) is 0 Å². The third-order valence-corrected chi connectivity index (χ3v) is 7.79. The van der Waals surface area contributed by atoms with E-state index < -0.39 is 0 Å². The number of rotatable bonds is 4. The molecule has 4 heteroatoms. The van der Waals surface area contributed by atoms with Crippen LogP contribution in [0.3, 0.4) is 0 Å². The number of hydrogen-bond acceptors (Lipinski definition) is 3. The van der Waals surface area contributed by atoms with Crippen LogP contribution in [-0.2, 0) is 0 Å². The average Bonchev–Trinajstić information content (AvgIpc) is 3.56. The summed E-state index contributed by atoms with van der Waals surface area (Å²) in [5.41, 5.74) is 5.56. The zero-order valence-electron chi connectivity index (χ0n) is 19.4. The number of nitrogens with zero attached hydrogens (tertiary/aromatic N) is 3. The Morgan fingerprint density at radius 2 is 1.06 bits per heavy atom. The first-order chi connectivity index (χ1) is 17.9. The Bertz CT molecular complexity index is 1820. The lowest BCUT2D eigenvalue weighted by Crippen LogP contribution is -2.00. The lowest BCUT2D eigenvalue weighted by Gasteiger charge is -2.11. The average molecular weight is 480 g/mol. The Morgan fingerprint density at radius 1 is 0.472 bits per heavy atom. The highest BCUT2D eigenvalue weighted by atomic mass is 32.1. The van der Waals surface area contributed by atoms with Gasteiger partial charge in [0.15, 0.2) is 11.6 Å². The van der Waals surface area contributed by atoms with Gasteiger partial charge in [-0.05, 0) is 29.3 Å². The first-order valence-corrected chi connectivity index (χ1v) is 12.8. The smallest absolute Gasteiger partial charge is 0.168 e. The van der Waals surface area contributed by atoms with E-state index in [9.17, 15) is 0 Å². The van der Waals surface area contributed by atoms with Gasteiger partial charge in [0.05, 0.1) is 0 Å². The molecule has 0 bridgehead atoms. The number of fused-ring (bicyclic) bond motifs is 3. The molecule has 0 unspecified atom stereocenters. The van der Waals surface area contributed by atoms with Gasteiger partial charge in [0, 0.05) is 37.0 Å². The molecule has 0 spiro atoms. The minimum Gasteiger partial charge on any atom is -0.275 e. The van der Waals surface area contributed by atoms with Crippen LogP contribution in [0, 0.1) is 0 Å². The quantitative estimate of drug-likeness (QED) is 0.253. The zero-order chi connectivity index (χ0) is 23.9. The molecule has 7 aromatic rings. The highest BCUT2D eigenvalue weighted by Gasteiger charge is 2.17. The van der Waals surface area contributed by atoms with Crippen LogP contribution in [0.1, 0.15) is 0 Å². The lowest BCUT2D eigenvalue weighted by molar-refractivity contribution is 1.07. The van der Waals surface area contributed by atoms with Crippen LogP contribution in [0.5, 0.6) is 0 Å². The summed E-state index contributed by atoms with van der Waals surface area (Å²) in [6.45, 7) is 0. The number of thiophene rings is 1.